The minimum absolute atomic E-state index is 0.0124. The van der Waals surface area contributed by atoms with Crippen molar-refractivity contribution in [1.82, 2.24) is 20.1 Å². The van der Waals surface area contributed by atoms with E-state index in [4.69, 9.17) is 14.9 Å². The second kappa shape index (κ2) is 12.6. The summed E-state index contributed by atoms with van der Waals surface area (Å²) in [5, 5.41) is 3.12. The van der Waals surface area contributed by atoms with Gasteiger partial charge in [-0.2, -0.15) is 0 Å². The number of furan rings is 1. The molecule has 1 aliphatic rings. The molecular weight excluding hydrogens is 554 g/mol. The fraction of sp³-hybridized carbons (Fsp3) is 0.258. The van der Waals surface area contributed by atoms with Crippen LogP contribution in [-0.2, 0) is 20.9 Å². The van der Waals surface area contributed by atoms with Gasteiger partial charge in [0.1, 0.15) is 17.3 Å². The van der Waals surface area contributed by atoms with Gasteiger partial charge in [-0.3, -0.25) is 24.0 Å². The number of piperazine rings is 1. The summed E-state index contributed by atoms with van der Waals surface area (Å²) in [6.45, 7) is 1.23. The maximum Gasteiger partial charge on any atom is 0.295 e. The maximum absolute atomic E-state index is 13.5. The van der Waals surface area contributed by atoms with Crippen LogP contribution in [0.4, 0.5) is 0 Å². The van der Waals surface area contributed by atoms with Crippen molar-refractivity contribution < 1.29 is 33.1 Å². The van der Waals surface area contributed by atoms with Crippen molar-refractivity contribution in [1.29, 1.82) is 0 Å². The normalized spacial score (nSPS) is 13.1. The Morgan fingerprint density at radius 2 is 1.65 bits per heavy atom. The Balaban J connectivity index is 1.30. The van der Waals surface area contributed by atoms with Crippen LogP contribution in [0.2, 0.25) is 0 Å². The summed E-state index contributed by atoms with van der Waals surface area (Å²) in [4.78, 5) is 68.6. The van der Waals surface area contributed by atoms with Crippen molar-refractivity contribution in [2.45, 2.75) is 19.4 Å². The Morgan fingerprint density at radius 3 is 2.35 bits per heavy atom. The van der Waals surface area contributed by atoms with Crippen molar-refractivity contribution in [2.75, 3.05) is 33.3 Å². The van der Waals surface area contributed by atoms with Gasteiger partial charge in [-0.15, -0.1) is 0 Å². The lowest BCUT2D eigenvalue weighted by molar-refractivity contribution is -0.127. The molecule has 0 bridgehead atoms. The average molecular weight is 586 g/mol. The molecule has 1 saturated heterocycles. The highest BCUT2D eigenvalue weighted by atomic mass is 16.5. The first-order valence-corrected chi connectivity index (χ1v) is 13.8. The molecule has 4 aromatic rings. The number of methoxy groups -OCH3 is 1. The summed E-state index contributed by atoms with van der Waals surface area (Å²) < 4.78 is 11.5. The van der Waals surface area contributed by atoms with Gasteiger partial charge in [-0.1, -0.05) is 18.2 Å². The number of hydrogen-bond acceptors (Lipinski definition) is 7. The molecule has 2 aromatic heterocycles. The Bertz CT molecular complexity index is 1680. The fourth-order valence-corrected chi connectivity index (χ4v) is 5.04. The first-order valence-electron chi connectivity index (χ1n) is 13.8. The first-order chi connectivity index (χ1) is 20.8. The predicted molar refractivity (Wildman–Crippen MR) is 156 cm³/mol. The summed E-state index contributed by atoms with van der Waals surface area (Å²) in [6.07, 6.45) is 1.43. The lowest BCUT2D eigenvalue weighted by Crippen LogP contribution is -2.52. The van der Waals surface area contributed by atoms with Gasteiger partial charge in [0.25, 0.3) is 17.6 Å². The molecule has 2 aromatic carbocycles. The third-order valence-electron chi connectivity index (χ3n) is 7.32. The second-order valence-electron chi connectivity index (χ2n) is 10.1. The zero-order valence-electron chi connectivity index (χ0n) is 23.6. The van der Waals surface area contributed by atoms with Crippen molar-refractivity contribution in [2.24, 2.45) is 5.73 Å². The molecule has 0 unspecified atom stereocenters. The summed E-state index contributed by atoms with van der Waals surface area (Å²) in [6, 6.07) is 15.8. The Hall–Kier alpha value is -5.39. The highest BCUT2D eigenvalue weighted by Gasteiger charge is 2.31. The smallest absolute Gasteiger partial charge is 0.295 e. The van der Waals surface area contributed by atoms with Crippen molar-refractivity contribution in [3.63, 3.8) is 0 Å². The van der Waals surface area contributed by atoms with Gasteiger partial charge in [0.05, 0.1) is 30.1 Å². The largest absolute Gasteiger partial charge is 0.496 e. The van der Waals surface area contributed by atoms with E-state index in [2.05, 4.69) is 10.3 Å². The number of primary amides is 1. The highest BCUT2D eigenvalue weighted by molar-refractivity contribution is 6.45. The minimum Gasteiger partial charge on any atom is -0.496 e. The van der Waals surface area contributed by atoms with Gasteiger partial charge in [0.2, 0.25) is 11.8 Å². The molecule has 0 saturated carbocycles. The third kappa shape index (κ3) is 6.27. The number of aromatic nitrogens is 1. The molecule has 1 aliphatic heterocycles. The van der Waals surface area contributed by atoms with E-state index >= 15 is 0 Å². The second-order valence-corrected chi connectivity index (χ2v) is 10.1. The summed E-state index contributed by atoms with van der Waals surface area (Å²) in [5.74, 6) is -0.986. The van der Waals surface area contributed by atoms with E-state index in [0.29, 0.717) is 52.4 Å². The Morgan fingerprint density at radius 1 is 0.930 bits per heavy atom. The number of carbonyl (C=O) groups excluding carboxylic acids is 5. The molecule has 12 heteroatoms. The highest BCUT2D eigenvalue weighted by Crippen LogP contribution is 2.37. The van der Waals surface area contributed by atoms with Crippen molar-refractivity contribution in [3.05, 3.63) is 77.7 Å². The molecule has 3 heterocycles. The van der Waals surface area contributed by atoms with E-state index in [9.17, 15) is 24.0 Å². The summed E-state index contributed by atoms with van der Waals surface area (Å²) >= 11 is 0. The van der Waals surface area contributed by atoms with Crippen LogP contribution in [0, 0.1) is 0 Å². The molecule has 1 fully saturated rings. The number of amides is 4. The number of fused-ring (bicyclic) bond motifs is 1. The molecule has 0 radical (unpaired) electrons. The zero-order valence-corrected chi connectivity index (χ0v) is 23.6. The van der Waals surface area contributed by atoms with Crippen LogP contribution < -0.4 is 15.8 Å². The number of ether oxygens (including phenoxy) is 1. The van der Waals surface area contributed by atoms with Crippen LogP contribution in [0.1, 0.15) is 39.3 Å². The number of H-pyrrole nitrogens is 1. The Labute approximate surface area is 246 Å². The summed E-state index contributed by atoms with van der Waals surface area (Å²) in [5.41, 5.74) is 6.99. The lowest BCUT2D eigenvalue weighted by Gasteiger charge is -2.34. The molecule has 0 spiro atoms. The van der Waals surface area contributed by atoms with E-state index in [0.717, 1.165) is 0 Å². The number of Topliss-reactive ketones (excluding diaryl/α,β-unsaturated/α-hetero) is 1. The molecule has 0 atom stereocenters. The quantitative estimate of drug-likeness (QED) is 0.190. The van der Waals surface area contributed by atoms with E-state index in [1.165, 1.54) is 18.2 Å². The SMILES string of the molecule is COc1ccc(-c2ccc(CNC(=O)CCC(N)=O)o2)c2[nH]cc(C(=O)C(=O)N3CCN(C(=O)c4ccccc4)CC3)c12. The number of carbonyl (C=O) groups is 5. The van der Waals surface area contributed by atoms with Gasteiger partial charge in [0.15, 0.2) is 0 Å². The number of nitrogens with zero attached hydrogens (tertiary/aromatic N) is 2. The molecule has 12 nitrogen and oxygen atoms in total. The predicted octanol–water partition coefficient (Wildman–Crippen LogP) is 2.49. The molecule has 222 valence electrons. The van der Waals surface area contributed by atoms with E-state index in [1.807, 2.05) is 6.07 Å². The maximum atomic E-state index is 13.5. The molecule has 4 amide bonds. The fourth-order valence-electron chi connectivity index (χ4n) is 5.04. The van der Waals surface area contributed by atoms with Crippen LogP contribution in [0.5, 0.6) is 5.75 Å². The van der Waals surface area contributed by atoms with Crippen LogP contribution in [0.3, 0.4) is 0 Å². The summed E-state index contributed by atoms with van der Waals surface area (Å²) in [7, 11) is 1.48. The van der Waals surface area contributed by atoms with Crippen LogP contribution >= 0.6 is 0 Å². The number of nitrogens with two attached hydrogens (primary N) is 1. The van der Waals surface area contributed by atoms with E-state index in [1.54, 1.807) is 53.4 Å². The van der Waals surface area contributed by atoms with Crippen LogP contribution in [0.15, 0.2) is 65.2 Å². The van der Waals surface area contributed by atoms with Crippen LogP contribution in [0.25, 0.3) is 22.2 Å². The monoisotopic (exact) mass is 585 g/mol. The Kier molecular flexibility index (Phi) is 8.56. The topological polar surface area (TPSA) is 168 Å². The van der Waals surface area contributed by atoms with Gasteiger partial charge in [0, 0.05) is 56.3 Å². The van der Waals surface area contributed by atoms with Gasteiger partial charge < -0.3 is 35.0 Å². The van der Waals surface area contributed by atoms with E-state index in [-0.39, 0.29) is 49.9 Å². The zero-order chi connectivity index (χ0) is 30.5. The molecule has 5 rings (SSSR count). The molecular formula is C31H31N5O7. The number of hydrogen-bond donors (Lipinski definition) is 3. The van der Waals surface area contributed by atoms with Crippen molar-refractivity contribution >= 4 is 40.3 Å². The lowest BCUT2D eigenvalue weighted by atomic mass is 10.0. The first kappa shape index (κ1) is 29.1. The van der Waals surface area contributed by atoms with Gasteiger partial charge in [-0.05, 0) is 36.4 Å². The number of aromatic amines is 1. The van der Waals surface area contributed by atoms with Gasteiger partial charge in [-0.25, -0.2) is 0 Å². The number of benzene rings is 2. The average Bonchev–Trinajstić information content (AvgIpc) is 3.70. The molecule has 4 N–H and O–H groups in total. The molecule has 0 aliphatic carbocycles. The number of ketones is 1. The number of rotatable bonds is 10. The molecule has 43 heavy (non-hydrogen) atoms. The standard InChI is InChI=1S/C31H31N5O7/c1-42-24-10-8-21(23-9-7-20(43-23)17-33-26(38)12-11-25(32)37)28-27(24)22(18-34-28)29(39)31(41)36-15-13-35(14-16-36)30(40)19-5-3-2-4-6-19/h2-10,18,34H,11-17H2,1H3,(H2,32,37)(H,33,38). The van der Waals surface area contributed by atoms with Gasteiger partial charge >= 0.3 is 0 Å². The van der Waals surface area contributed by atoms with Crippen molar-refractivity contribution in [3.8, 4) is 17.1 Å². The van der Waals surface area contributed by atoms with E-state index < -0.39 is 17.6 Å². The minimum atomic E-state index is -0.691. The third-order valence-corrected chi connectivity index (χ3v) is 7.32. The van der Waals surface area contributed by atoms with Crippen LogP contribution in [-0.4, -0.2) is 77.5 Å². The number of nitrogens with one attached hydrogen (secondary N) is 2.